The number of ether oxygens (including phenoxy) is 1. The largest absolute Gasteiger partial charge is 0.493 e. The van der Waals surface area contributed by atoms with Crippen LogP contribution in [0.5, 0.6) is 5.88 Å². The van der Waals surface area contributed by atoms with Crippen LogP contribution in [0.25, 0.3) is 0 Å². The summed E-state index contributed by atoms with van der Waals surface area (Å²) in [6.07, 6.45) is 1.70. The summed E-state index contributed by atoms with van der Waals surface area (Å²) in [6, 6.07) is 11.1. The van der Waals surface area contributed by atoms with Crippen molar-refractivity contribution >= 4 is 23.5 Å². The van der Waals surface area contributed by atoms with Gasteiger partial charge in [0.2, 0.25) is 17.7 Å². The quantitative estimate of drug-likeness (QED) is 0.373. The summed E-state index contributed by atoms with van der Waals surface area (Å²) in [5, 5.41) is 15.4. The van der Waals surface area contributed by atoms with E-state index in [0.717, 1.165) is 5.56 Å². The molecule has 10 heteroatoms. The van der Waals surface area contributed by atoms with Crippen LogP contribution in [0.4, 0.5) is 0 Å². The molecule has 3 N–H and O–H groups in total. The highest BCUT2D eigenvalue weighted by Crippen LogP contribution is 2.30. The first-order chi connectivity index (χ1) is 18.6. The Morgan fingerprint density at radius 1 is 1.08 bits per heavy atom. The van der Waals surface area contributed by atoms with Gasteiger partial charge < -0.3 is 25.4 Å². The summed E-state index contributed by atoms with van der Waals surface area (Å²) < 4.78 is 5.34. The van der Waals surface area contributed by atoms with E-state index in [9.17, 15) is 24.3 Å². The maximum Gasteiger partial charge on any atom is 0.273 e. The van der Waals surface area contributed by atoms with Gasteiger partial charge >= 0.3 is 0 Å². The number of Topliss-reactive ketones (excluding diaryl/α,β-unsaturated/α-hetero) is 1. The first-order valence-electron chi connectivity index (χ1n) is 13.4. The molecule has 0 bridgehead atoms. The number of aromatic hydroxyl groups is 1. The number of hydrogen-bond donors (Lipinski definition) is 3. The average Bonchev–Trinajstić information content (AvgIpc) is 3.46. The van der Waals surface area contributed by atoms with Gasteiger partial charge in [0, 0.05) is 19.0 Å². The van der Waals surface area contributed by atoms with E-state index in [1.807, 2.05) is 44.2 Å². The van der Waals surface area contributed by atoms with Crippen molar-refractivity contribution in [2.24, 2.45) is 5.92 Å². The molecule has 2 fully saturated rings. The van der Waals surface area contributed by atoms with Gasteiger partial charge in [-0.2, -0.15) is 0 Å². The van der Waals surface area contributed by atoms with Crippen molar-refractivity contribution in [1.29, 1.82) is 0 Å². The molecule has 1 aromatic carbocycles. The first kappa shape index (κ1) is 28.2. The minimum atomic E-state index is -0.966. The Hall–Kier alpha value is -3.79. The van der Waals surface area contributed by atoms with E-state index in [4.69, 9.17) is 4.74 Å². The highest BCUT2D eigenvalue weighted by molar-refractivity contribution is 5.99. The standard InChI is InChI=1S/C29H36N4O6/c1-18(2)15-21(25(35)29(3)17-39-29)31-26(36)22(16-19-9-5-4-6-10-19)32-27(37)23-12-8-14-33(23)28(38)20-11-7-13-24(34)30-20/h4-7,9-11,13,18,21-23H,8,12,14-17H2,1-3H3,(H,30,34)(H,31,36)(H,32,37)/t21-,22-,23-,29+/m0/s1. The highest BCUT2D eigenvalue weighted by atomic mass is 16.6. The van der Waals surface area contributed by atoms with Gasteiger partial charge in [-0.3, -0.25) is 19.2 Å². The van der Waals surface area contributed by atoms with Gasteiger partial charge in [-0.15, -0.1) is 0 Å². The summed E-state index contributed by atoms with van der Waals surface area (Å²) in [6.45, 7) is 6.33. The number of rotatable bonds is 11. The van der Waals surface area contributed by atoms with Crippen molar-refractivity contribution in [3.8, 4) is 5.88 Å². The second-order valence-corrected chi connectivity index (χ2v) is 10.9. The lowest BCUT2D eigenvalue weighted by Gasteiger charge is -2.28. The van der Waals surface area contributed by atoms with Crippen molar-refractivity contribution in [2.45, 2.75) is 70.2 Å². The Labute approximate surface area is 228 Å². The Morgan fingerprint density at radius 3 is 2.44 bits per heavy atom. The number of nitrogens with one attached hydrogen (secondary N) is 2. The van der Waals surface area contributed by atoms with Gasteiger partial charge in [0.15, 0.2) is 5.78 Å². The fraction of sp³-hybridized carbons (Fsp3) is 0.483. The van der Waals surface area contributed by atoms with E-state index in [-0.39, 0.29) is 29.7 Å². The number of carbonyl (C=O) groups excluding carboxylic acids is 4. The molecular formula is C29H36N4O6. The molecule has 3 heterocycles. The molecule has 1 aromatic heterocycles. The number of benzene rings is 1. The molecule has 0 spiro atoms. The normalized spacial score (nSPS) is 21.7. The lowest BCUT2D eigenvalue weighted by molar-refractivity contribution is -0.134. The zero-order chi connectivity index (χ0) is 28.2. The van der Waals surface area contributed by atoms with Gasteiger partial charge in [0.1, 0.15) is 23.4 Å². The molecule has 2 aromatic rings. The molecule has 4 rings (SSSR count). The zero-order valence-electron chi connectivity index (χ0n) is 22.6. The molecule has 2 aliphatic rings. The van der Waals surface area contributed by atoms with Gasteiger partial charge in [-0.1, -0.05) is 50.2 Å². The Kier molecular flexibility index (Phi) is 8.64. The summed E-state index contributed by atoms with van der Waals surface area (Å²) >= 11 is 0. The fourth-order valence-electron chi connectivity index (χ4n) is 4.89. The number of likely N-dealkylation sites (tertiary alicyclic amines) is 1. The van der Waals surface area contributed by atoms with E-state index in [1.165, 1.54) is 23.1 Å². The van der Waals surface area contributed by atoms with E-state index in [0.29, 0.717) is 32.4 Å². The van der Waals surface area contributed by atoms with Crippen LogP contribution in [0.2, 0.25) is 0 Å². The molecule has 0 aliphatic carbocycles. The van der Waals surface area contributed by atoms with E-state index < -0.39 is 41.4 Å². The molecule has 4 atom stereocenters. The number of amides is 3. The molecule has 3 amide bonds. The summed E-state index contributed by atoms with van der Waals surface area (Å²) in [7, 11) is 0. The van der Waals surface area contributed by atoms with Gasteiger partial charge in [0.05, 0.1) is 12.6 Å². The van der Waals surface area contributed by atoms with Gasteiger partial charge in [0.25, 0.3) is 5.91 Å². The number of pyridine rings is 1. The van der Waals surface area contributed by atoms with Crippen molar-refractivity contribution in [1.82, 2.24) is 20.5 Å². The van der Waals surface area contributed by atoms with Crippen molar-refractivity contribution < 1.29 is 29.0 Å². The van der Waals surface area contributed by atoms with E-state index in [1.54, 1.807) is 6.92 Å². The summed E-state index contributed by atoms with van der Waals surface area (Å²) in [5.74, 6) is -1.71. The lowest BCUT2D eigenvalue weighted by Crippen LogP contribution is -2.57. The van der Waals surface area contributed by atoms with Crippen LogP contribution in [0.15, 0.2) is 48.5 Å². The molecule has 2 saturated heterocycles. The summed E-state index contributed by atoms with van der Waals surface area (Å²) in [4.78, 5) is 58.6. The van der Waals surface area contributed by atoms with Crippen LogP contribution < -0.4 is 10.6 Å². The molecule has 208 valence electrons. The van der Waals surface area contributed by atoms with Crippen molar-refractivity contribution in [3.05, 3.63) is 59.8 Å². The highest BCUT2D eigenvalue weighted by Gasteiger charge is 2.50. The van der Waals surface area contributed by atoms with Crippen LogP contribution in [0.1, 0.15) is 56.1 Å². The van der Waals surface area contributed by atoms with E-state index >= 15 is 0 Å². The van der Waals surface area contributed by atoms with Crippen LogP contribution in [-0.4, -0.2) is 75.4 Å². The Balaban J connectivity index is 1.52. The Morgan fingerprint density at radius 2 is 1.79 bits per heavy atom. The minimum Gasteiger partial charge on any atom is -0.493 e. The molecule has 39 heavy (non-hydrogen) atoms. The number of hydrogen-bond acceptors (Lipinski definition) is 7. The number of ketones is 1. The summed E-state index contributed by atoms with van der Waals surface area (Å²) in [5.41, 5.74) is -0.0140. The third kappa shape index (κ3) is 7.00. The van der Waals surface area contributed by atoms with E-state index in [2.05, 4.69) is 15.6 Å². The minimum absolute atomic E-state index is 0.0408. The monoisotopic (exact) mass is 536 g/mol. The van der Waals surface area contributed by atoms with Crippen molar-refractivity contribution in [2.75, 3.05) is 13.2 Å². The van der Waals surface area contributed by atoms with Crippen LogP contribution in [-0.2, 0) is 25.5 Å². The fourth-order valence-corrected chi connectivity index (χ4v) is 4.89. The third-order valence-electron chi connectivity index (χ3n) is 7.12. The SMILES string of the molecule is CC(C)C[C@H](NC(=O)[C@H](Cc1ccccc1)NC(=O)[C@@H]1CCCN1C(=O)c1cccc(O)n1)C(=O)[C@@]1(C)CO1. The topological polar surface area (TPSA) is 141 Å². The number of aromatic nitrogens is 1. The number of nitrogens with zero attached hydrogens (tertiary/aromatic N) is 2. The average molecular weight is 537 g/mol. The predicted octanol–water partition coefficient (Wildman–Crippen LogP) is 2.01. The van der Waals surface area contributed by atoms with Crippen LogP contribution in [0, 0.1) is 5.92 Å². The zero-order valence-corrected chi connectivity index (χ0v) is 22.6. The van der Waals surface area contributed by atoms with Crippen LogP contribution in [0.3, 0.4) is 0 Å². The molecule has 10 nitrogen and oxygen atoms in total. The third-order valence-corrected chi connectivity index (χ3v) is 7.12. The van der Waals surface area contributed by atoms with Gasteiger partial charge in [-0.25, -0.2) is 4.98 Å². The Bertz CT molecular complexity index is 1210. The second-order valence-electron chi connectivity index (χ2n) is 10.9. The molecule has 0 saturated carbocycles. The number of epoxide rings is 1. The van der Waals surface area contributed by atoms with Gasteiger partial charge in [-0.05, 0) is 43.7 Å². The first-order valence-corrected chi connectivity index (χ1v) is 13.4. The molecule has 0 radical (unpaired) electrons. The predicted molar refractivity (Wildman–Crippen MR) is 143 cm³/mol. The smallest absolute Gasteiger partial charge is 0.273 e. The second kappa shape index (κ2) is 11.9. The molecule has 0 unspecified atom stereocenters. The molecular weight excluding hydrogens is 500 g/mol. The van der Waals surface area contributed by atoms with Crippen LogP contribution >= 0.6 is 0 Å². The number of carbonyl (C=O) groups is 4. The van der Waals surface area contributed by atoms with Crippen molar-refractivity contribution in [3.63, 3.8) is 0 Å². The lowest BCUT2D eigenvalue weighted by atomic mass is 9.93. The molecule has 2 aliphatic heterocycles. The maximum atomic E-state index is 13.6. The maximum absolute atomic E-state index is 13.6.